The Morgan fingerprint density at radius 1 is 0.767 bits per heavy atom. The molecule has 0 fully saturated rings. The van der Waals surface area contributed by atoms with Crippen LogP contribution < -0.4 is 14.5 Å². The largest absolute Gasteiger partial charge is 0.489 e. The molecule has 0 aliphatic heterocycles. The molecule has 0 unspecified atom stereocenters. The molecular weight excluding hydrogens is 558 g/mol. The molecule has 0 aliphatic rings. The molecular formula is C35H31N3O4S. The van der Waals surface area contributed by atoms with Crippen LogP contribution in [0.4, 0.5) is 5.69 Å². The third-order valence-electron chi connectivity index (χ3n) is 6.70. The quantitative estimate of drug-likeness (QED) is 0.137. The number of rotatable bonds is 11. The molecule has 0 aromatic heterocycles. The summed E-state index contributed by atoms with van der Waals surface area (Å²) >= 11 is 0. The van der Waals surface area contributed by atoms with Gasteiger partial charge >= 0.3 is 0 Å². The van der Waals surface area contributed by atoms with Crippen LogP contribution in [-0.4, -0.2) is 20.5 Å². The maximum atomic E-state index is 13.9. The standard InChI is InChI=1S/C35H31N3O4S/c1-27-16-22-32(23-17-27)43(40,41)38(25-29-10-4-2-5-11-29)34-15-9-8-14-33(34)35(39)37-36-24-28-18-20-31(21-19-28)42-26-30-12-6-3-7-13-30/h2-24H,25-26H2,1H3,(H,37,39)/b36-24-. The van der Waals surface area contributed by atoms with E-state index in [1.54, 1.807) is 48.5 Å². The summed E-state index contributed by atoms with van der Waals surface area (Å²) in [5.41, 5.74) is 6.53. The van der Waals surface area contributed by atoms with Crippen molar-refractivity contribution in [2.45, 2.75) is 25.0 Å². The number of ether oxygens (including phenoxy) is 1. The molecule has 1 amide bonds. The summed E-state index contributed by atoms with van der Waals surface area (Å²) in [6, 6.07) is 39.8. The third kappa shape index (κ3) is 7.55. The van der Waals surface area contributed by atoms with E-state index in [1.165, 1.54) is 10.5 Å². The van der Waals surface area contributed by atoms with Crippen molar-refractivity contribution in [3.63, 3.8) is 0 Å². The molecule has 1 N–H and O–H groups in total. The highest BCUT2D eigenvalue weighted by Crippen LogP contribution is 2.29. The number of nitrogens with one attached hydrogen (secondary N) is 1. The van der Waals surface area contributed by atoms with Crippen molar-refractivity contribution >= 4 is 27.8 Å². The molecule has 0 bridgehead atoms. The predicted molar refractivity (Wildman–Crippen MR) is 170 cm³/mol. The summed E-state index contributed by atoms with van der Waals surface area (Å²) in [6.07, 6.45) is 1.52. The van der Waals surface area contributed by atoms with E-state index in [4.69, 9.17) is 4.74 Å². The van der Waals surface area contributed by atoms with Crippen LogP contribution in [0.1, 0.15) is 32.6 Å². The fourth-order valence-corrected chi connectivity index (χ4v) is 5.86. The van der Waals surface area contributed by atoms with Gasteiger partial charge in [-0.05, 0) is 72.1 Å². The lowest BCUT2D eigenvalue weighted by Gasteiger charge is -2.26. The Morgan fingerprint density at radius 2 is 1.37 bits per heavy atom. The van der Waals surface area contributed by atoms with Gasteiger partial charge in [0, 0.05) is 0 Å². The first-order valence-corrected chi connectivity index (χ1v) is 15.2. The van der Waals surface area contributed by atoms with Gasteiger partial charge in [0.1, 0.15) is 12.4 Å². The van der Waals surface area contributed by atoms with Crippen molar-refractivity contribution in [3.05, 3.63) is 161 Å². The van der Waals surface area contributed by atoms with Gasteiger partial charge in [0.05, 0.1) is 28.9 Å². The zero-order valence-electron chi connectivity index (χ0n) is 23.6. The number of hydrogen-bond acceptors (Lipinski definition) is 5. The third-order valence-corrected chi connectivity index (χ3v) is 8.48. The van der Waals surface area contributed by atoms with Crippen molar-refractivity contribution < 1.29 is 17.9 Å². The number of benzene rings is 5. The topological polar surface area (TPSA) is 88.1 Å². The molecule has 5 rings (SSSR count). The van der Waals surface area contributed by atoms with E-state index in [2.05, 4.69) is 10.5 Å². The van der Waals surface area contributed by atoms with E-state index in [1.807, 2.05) is 91.9 Å². The molecule has 0 heterocycles. The van der Waals surface area contributed by atoms with Gasteiger partial charge in [-0.1, -0.05) is 90.5 Å². The van der Waals surface area contributed by atoms with Crippen LogP contribution >= 0.6 is 0 Å². The first-order valence-electron chi connectivity index (χ1n) is 13.7. The molecule has 0 saturated carbocycles. The molecule has 0 aliphatic carbocycles. The minimum atomic E-state index is -4.01. The van der Waals surface area contributed by atoms with Crippen LogP contribution in [0.25, 0.3) is 0 Å². The number of para-hydroxylation sites is 1. The molecule has 216 valence electrons. The molecule has 8 heteroatoms. The Hall–Kier alpha value is -5.21. The average Bonchev–Trinajstić information content (AvgIpc) is 3.04. The maximum absolute atomic E-state index is 13.9. The van der Waals surface area contributed by atoms with Gasteiger partial charge in [-0.25, -0.2) is 13.8 Å². The van der Waals surface area contributed by atoms with E-state index >= 15 is 0 Å². The van der Waals surface area contributed by atoms with E-state index in [0.717, 1.165) is 22.3 Å². The van der Waals surface area contributed by atoms with Gasteiger partial charge < -0.3 is 4.74 Å². The molecule has 0 saturated heterocycles. The average molecular weight is 590 g/mol. The summed E-state index contributed by atoms with van der Waals surface area (Å²) in [5.74, 6) is 0.180. The Morgan fingerprint density at radius 3 is 2.05 bits per heavy atom. The van der Waals surface area contributed by atoms with Crippen LogP contribution in [-0.2, 0) is 23.2 Å². The molecule has 43 heavy (non-hydrogen) atoms. The highest BCUT2D eigenvalue weighted by Gasteiger charge is 2.28. The highest BCUT2D eigenvalue weighted by molar-refractivity contribution is 7.92. The summed E-state index contributed by atoms with van der Waals surface area (Å²) in [4.78, 5) is 13.5. The smallest absolute Gasteiger partial charge is 0.273 e. The second-order valence-electron chi connectivity index (χ2n) is 9.87. The van der Waals surface area contributed by atoms with Gasteiger partial charge in [0.15, 0.2) is 0 Å². The number of anilines is 1. The van der Waals surface area contributed by atoms with Crippen LogP contribution in [0.5, 0.6) is 5.75 Å². The summed E-state index contributed by atoms with van der Waals surface area (Å²) in [6.45, 7) is 2.40. The monoisotopic (exact) mass is 589 g/mol. The molecule has 0 atom stereocenters. The molecule has 0 radical (unpaired) electrons. The van der Waals surface area contributed by atoms with E-state index in [9.17, 15) is 13.2 Å². The van der Waals surface area contributed by atoms with Crippen LogP contribution in [0.15, 0.2) is 143 Å². The summed E-state index contributed by atoms with van der Waals surface area (Å²) in [7, 11) is -4.01. The van der Waals surface area contributed by atoms with Crippen LogP contribution in [0.2, 0.25) is 0 Å². The van der Waals surface area contributed by atoms with Gasteiger partial charge in [-0.3, -0.25) is 9.10 Å². The minimum Gasteiger partial charge on any atom is -0.489 e. The van der Waals surface area contributed by atoms with Crippen molar-refractivity contribution in [2.75, 3.05) is 4.31 Å². The second kappa shape index (κ2) is 13.6. The van der Waals surface area contributed by atoms with Gasteiger partial charge in [0.25, 0.3) is 15.9 Å². The van der Waals surface area contributed by atoms with Gasteiger partial charge in [-0.2, -0.15) is 5.10 Å². The van der Waals surface area contributed by atoms with Crippen LogP contribution in [0, 0.1) is 6.92 Å². The number of carbonyl (C=O) groups excluding carboxylic acids is 1. The Bertz CT molecular complexity index is 1790. The molecule has 0 spiro atoms. The summed E-state index contributed by atoms with van der Waals surface area (Å²) < 4.78 is 34.9. The van der Waals surface area contributed by atoms with E-state index in [-0.39, 0.29) is 22.7 Å². The lowest BCUT2D eigenvalue weighted by atomic mass is 10.1. The number of carbonyl (C=O) groups is 1. The van der Waals surface area contributed by atoms with Crippen LogP contribution in [0.3, 0.4) is 0 Å². The lowest BCUT2D eigenvalue weighted by molar-refractivity contribution is 0.0955. The zero-order valence-corrected chi connectivity index (χ0v) is 24.4. The molecule has 5 aromatic carbocycles. The number of hydrazone groups is 1. The number of aryl methyl sites for hydroxylation is 1. The Kier molecular flexibility index (Phi) is 9.29. The SMILES string of the molecule is Cc1ccc(S(=O)(=O)N(Cc2ccccc2)c2ccccc2C(=O)N/N=C\c2ccc(OCc3ccccc3)cc2)cc1. The fraction of sp³-hybridized carbons (Fsp3) is 0.0857. The molecule has 5 aromatic rings. The van der Waals surface area contributed by atoms with Crippen molar-refractivity contribution in [1.29, 1.82) is 0 Å². The van der Waals surface area contributed by atoms with E-state index < -0.39 is 15.9 Å². The van der Waals surface area contributed by atoms with Crippen molar-refractivity contribution in [2.24, 2.45) is 5.10 Å². The number of nitrogens with zero attached hydrogens (tertiary/aromatic N) is 2. The fourth-order valence-electron chi connectivity index (χ4n) is 4.39. The van der Waals surface area contributed by atoms with E-state index in [0.29, 0.717) is 12.4 Å². The second-order valence-corrected chi connectivity index (χ2v) is 11.7. The lowest BCUT2D eigenvalue weighted by Crippen LogP contribution is -2.33. The summed E-state index contributed by atoms with van der Waals surface area (Å²) in [5, 5.41) is 4.12. The normalized spacial score (nSPS) is 11.3. The predicted octanol–water partition coefficient (Wildman–Crippen LogP) is 6.73. The zero-order chi connectivity index (χ0) is 30.1. The highest BCUT2D eigenvalue weighted by atomic mass is 32.2. The number of hydrogen-bond donors (Lipinski definition) is 1. The van der Waals surface area contributed by atoms with Gasteiger partial charge in [-0.15, -0.1) is 0 Å². The van der Waals surface area contributed by atoms with Crippen molar-refractivity contribution in [1.82, 2.24) is 5.43 Å². The Balaban J connectivity index is 1.34. The first kappa shape index (κ1) is 29.3. The number of amides is 1. The Labute approximate surface area is 252 Å². The van der Waals surface area contributed by atoms with Crippen molar-refractivity contribution in [3.8, 4) is 5.75 Å². The number of sulfonamides is 1. The molecule has 7 nitrogen and oxygen atoms in total. The van der Waals surface area contributed by atoms with Gasteiger partial charge in [0.2, 0.25) is 0 Å². The maximum Gasteiger partial charge on any atom is 0.273 e. The minimum absolute atomic E-state index is 0.0449. The first-order chi connectivity index (χ1) is 20.9.